The molecule has 0 fully saturated rings. The smallest absolute Gasteiger partial charge is 0.186 e. The summed E-state index contributed by atoms with van der Waals surface area (Å²) >= 11 is 9.01. The number of benzene rings is 2. The number of rotatable bonds is 5. The van der Waals surface area contributed by atoms with Crippen molar-refractivity contribution in [2.75, 3.05) is 5.75 Å². The highest BCUT2D eigenvalue weighted by Gasteiger charge is 2.26. The van der Waals surface area contributed by atoms with Crippen molar-refractivity contribution in [1.29, 1.82) is 0 Å². The highest BCUT2D eigenvalue weighted by molar-refractivity contribution is 9.10. The maximum absolute atomic E-state index is 12.6. The molecule has 2 N–H and O–H groups in total. The Labute approximate surface area is 159 Å². The van der Waals surface area contributed by atoms with Gasteiger partial charge in [0.15, 0.2) is 19.7 Å². The molecule has 0 aromatic heterocycles. The van der Waals surface area contributed by atoms with E-state index in [0.29, 0.717) is 4.47 Å². The molecule has 0 aliphatic rings. The Morgan fingerprint density at radius 1 is 1.00 bits per heavy atom. The first-order valence-corrected chi connectivity index (χ1v) is 11.4. The minimum absolute atomic E-state index is 0.0199. The Morgan fingerprint density at radius 2 is 1.64 bits per heavy atom. The minimum Gasteiger partial charge on any atom is -0.507 e. The van der Waals surface area contributed by atoms with Crippen molar-refractivity contribution in [1.82, 2.24) is 0 Å². The van der Waals surface area contributed by atoms with Crippen LogP contribution in [0.3, 0.4) is 0 Å². The molecule has 2 aromatic rings. The maximum atomic E-state index is 12.6. The molecule has 136 valence electrons. The largest absolute Gasteiger partial charge is 0.507 e. The lowest BCUT2D eigenvalue weighted by atomic mass is 10.2. The van der Waals surface area contributed by atoms with Crippen LogP contribution >= 0.6 is 27.5 Å². The van der Waals surface area contributed by atoms with Crippen molar-refractivity contribution >= 4 is 47.2 Å². The van der Waals surface area contributed by atoms with Gasteiger partial charge in [-0.05, 0) is 30.3 Å². The van der Waals surface area contributed by atoms with Gasteiger partial charge in [0, 0.05) is 15.1 Å². The molecule has 0 atom stereocenters. The van der Waals surface area contributed by atoms with Crippen LogP contribution in [0, 0.1) is 0 Å². The molecular formula is C15H14BrClO6S2. The van der Waals surface area contributed by atoms with E-state index in [1.54, 1.807) is 0 Å². The van der Waals surface area contributed by atoms with Crippen LogP contribution in [0.15, 0.2) is 44.6 Å². The van der Waals surface area contributed by atoms with Gasteiger partial charge in [0.2, 0.25) is 0 Å². The van der Waals surface area contributed by atoms with Gasteiger partial charge in [0.1, 0.15) is 21.3 Å². The summed E-state index contributed by atoms with van der Waals surface area (Å²) in [7, 11) is -7.86. The Balaban J connectivity index is 2.59. The number of sulfone groups is 2. The Hall–Kier alpha value is -1.29. The van der Waals surface area contributed by atoms with E-state index in [2.05, 4.69) is 15.9 Å². The summed E-state index contributed by atoms with van der Waals surface area (Å²) in [5.41, 5.74) is -0.168. The zero-order valence-corrected chi connectivity index (χ0v) is 16.9. The van der Waals surface area contributed by atoms with Gasteiger partial charge in [-0.15, -0.1) is 0 Å². The van der Waals surface area contributed by atoms with Crippen molar-refractivity contribution in [3.05, 3.63) is 45.4 Å². The predicted octanol–water partition coefficient (Wildman–Crippen LogP) is 3.28. The van der Waals surface area contributed by atoms with E-state index < -0.39 is 41.8 Å². The van der Waals surface area contributed by atoms with Gasteiger partial charge in [0.25, 0.3) is 0 Å². The average Bonchev–Trinajstić information content (AvgIpc) is 2.52. The first-order chi connectivity index (χ1) is 11.5. The molecule has 25 heavy (non-hydrogen) atoms. The van der Waals surface area contributed by atoms with E-state index in [4.69, 9.17) is 11.6 Å². The van der Waals surface area contributed by atoms with Crippen LogP contribution < -0.4 is 0 Å². The first-order valence-electron chi connectivity index (χ1n) is 6.93. The fraction of sp³-hybridized carbons (Fsp3) is 0.200. The molecule has 0 amide bonds. The van der Waals surface area contributed by atoms with Crippen LogP contribution in [0.25, 0.3) is 0 Å². The van der Waals surface area contributed by atoms with E-state index in [1.165, 1.54) is 31.2 Å². The molecule has 0 aliphatic carbocycles. The van der Waals surface area contributed by atoms with Crippen molar-refractivity contribution in [3.63, 3.8) is 0 Å². The molecule has 0 spiro atoms. The topological polar surface area (TPSA) is 109 Å². The second-order valence-electron chi connectivity index (χ2n) is 5.19. The number of hydrogen-bond acceptors (Lipinski definition) is 6. The van der Waals surface area contributed by atoms with Crippen molar-refractivity contribution < 1.29 is 27.0 Å². The molecular weight excluding hydrogens is 456 g/mol. The second-order valence-corrected chi connectivity index (χ2v) is 10.7. The Morgan fingerprint density at radius 3 is 2.24 bits per heavy atom. The van der Waals surface area contributed by atoms with Crippen LogP contribution in [-0.4, -0.2) is 32.8 Å². The summed E-state index contributed by atoms with van der Waals surface area (Å²) in [4.78, 5) is -0.771. The van der Waals surface area contributed by atoms with Crippen LogP contribution in [0.5, 0.6) is 11.5 Å². The molecule has 0 aliphatic heterocycles. The third-order valence-electron chi connectivity index (χ3n) is 3.44. The number of halogens is 2. The fourth-order valence-corrected chi connectivity index (χ4v) is 5.49. The summed E-state index contributed by atoms with van der Waals surface area (Å²) in [6, 6.07) is 6.15. The molecule has 2 aromatic carbocycles. The molecule has 6 nitrogen and oxygen atoms in total. The lowest BCUT2D eigenvalue weighted by Gasteiger charge is -2.12. The normalized spacial score (nSPS) is 12.3. The molecule has 0 heterocycles. The van der Waals surface area contributed by atoms with Gasteiger partial charge < -0.3 is 10.2 Å². The standard InChI is InChI=1S/C15H14BrClO6S2/c1-2-24(20,21)14-7-11(17)5-9(15(14)19)8-25(22,23)13-6-10(16)3-4-12(13)18/h3-7,18-19H,2,8H2,1H3. The Kier molecular flexibility index (Phi) is 5.72. The number of hydrogen-bond donors (Lipinski definition) is 2. The van der Waals surface area contributed by atoms with Crippen LogP contribution in [0.2, 0.25) is 5.02 Å². The quantitative estimate of drug-likeness (QED) is 0.695. The van der Waals surface area contributed by atoms with E-state index in [-0.39, 0.29) is 21.2 Å². The van der Waals surface area contributed by atoms with E-state index in [1.807, 2.05) is 0 Å². The van der Waals surface area contributed by atoms with Gasteiger partial charge in [-0.25, -0.2) is 16.8 Å². The van der Waals surface area contributed by atoms with Gasteiger partial charge in [-0.3, -0.25) is 0 Å². The SMILES string of the molecule is CCS(=O)(=O)c1cc(Cl)cc(CS(=O)(=O)c2cc(Br)ccc2O)c1O. The van der Waals surface area contributed by atoms with Gasteiger partial charge >= 0.3 is 0 Å². The lowest BCUT2D eigenvalue weighted by Crippen LogP contribution is -2.09. The summed E-state index contributed by atoms with van der Waals surface area (Å²) in [6.45, 7) is 1.39. The minimum atomic E-state index is -4.07. The second kappa shape index (κ2) is 7.14. The maximum Gasteiger partial charge on any atom is 0.186 e. The zero-order valence-electron chi connectivity index (χ0n) is 12.9. The fourth-order valence-electron chi connectivity index (χ4n) is 2.15. The molecule has 0 unspecified atom stereocenters. The molecule has 0 saturated heterocycles. The third-order valence-corrected chi connectivity index (χ3v) is 7.58. The van der Waals surface area contributed by atoms with E-state index in [9.17, 15) is 27.0 Å². The number of phenolic OH excluding ortho intramolecular Hbond substituents is 2. The molecule has 0 radical (unpaired) electrons. The third kappa shape index (κ3) is 4.28. The van der Waals surface area contributed by atoms with Crippen LogP contribution in [-0.2, 0) is 25.4 Å². The monoisotopic (exact) mass is 468 g/mol. The van der Waals surface area contributed by atoms with Gasteiger partial charge in [0.05, 0.1) is 11.5 Å². The van der Waals surface area contributed by atoms with Crippen LogP contribution in [0.1, 0.15) is 12.5 Å². The van der Waals surface area contributed by atoms with E-state index in [0.717, 1.165) is 6.07 Å². The summed E-state index contributed by atoms with van der Waals surface area (Å²) in [5.74, 6) is -2.12. The zero-order chi connectivity index (χ0) is 19.0. The highest BCUT2D eigenvalue weighted by Crippen LogP contribution is 2.35. The summed E-state index contributed by atoms with van der Waals surface area (Å²) < 4.78 is 49.7. The highest BCUT2D eigenvalue weighted by atomic mass is 79.9. The first kappa shape index (κ1) is 20.0. The Bertz CT molecular complexity index is 1030. The lowest BCUT2D eigenvalue weighted by molar-refractivity contribution is 0.451. The van der Waals surface area contributed by atoms with Gasteiger partial charge in [-0.1, -0.05) is 34.5 Å². The number of aromatic hydroxyl groups is 2. The van der Waals surface area contributed by atoms with Gasteiger partial charge in [-0.2, -0.15) is 0 Å². The molecule has 2 rings (SSSR count). The van der Waals surface area contributed by atoms with E-state index >= 15 is 0 Å². The molecule has 0 saturated carbocycles. The predicted molar refractivity (Wildman–Crippen MR) is 97.5 cm³/mol. The van der Waals surface area contributed by atoms with Crippen molar-refractivity contribution in [3.8, 4) is 11.5 Å². The molecule has 0 bridgehead atoms. The molecule has 10 heteroatoms. The summed E-state index contributed by atoms with van der Waals surface area (Å²) in [6.07, 6.45) is 0. The summed E-state index contributed by atoms with van der Waals surface area (Å²) in [5, 5.41) is 20.0. The number of phenols is 2. The average molecular weight is 470 g/mol. The van der Waals surface area contributed by atoms with Crippen molar-refractivity contribution in [2.24, 2.45) is 0 Å². The van der Waals surface area contributed by atoms with Crippen LogP contribution in [0.4, 0.5) is 0 Å². The van der Waals surface area contributed by atoms with Crippen molar-refractivity contribution in [2.45, 2.75) is 22.5 Å².